The molecule has 0 radical (unpaired) electrons. The summed E-state index contributed by atoms with van der Waals surface area (Å²) in [6.45, 7) is 0. The molecule has 6 heteroatoms. The van der Waals surface area contributed by atoms with Crippen molar-refractivity contribution in [1.29, 1.82) is 0 Å². The van der Waals surface area contributed by atoms with E-state index < -0.39 is 30.2 Å². The van der Waals surface area contributed by atoms with Gasteiger partial charge in [-0.25, -0.2) is 9.18 Å². The number of nitrogens with zero attached hydrogens (tertiary/aromatic N) is 1. The van der Waals surface area contributed by atoms with Gasteiger partial charge in [-0.1, -0.05) is 42.5 Å². The lowest BCUT2D eigenvalue weighted by Gasteiger charge is -2.27. The number of halogens is 1. The minimum Gasteiger partial charge on any atom is -0.508 e. The van der Waals surface area contributed by atoms with E-state index in [1.807, 2.05) is 30.3 Å². The minimum absolute atomic E-state index is 0.0958. The number of carbonyl (C=O) groups excluding carboxylic acids is 1. The molecule has 1 aliphatic heterocycles. The topological polar surface area (TPSA) is 70.0 Å². The number of hydrogen-bond acceptors (Lipinski definition) is 4. The predicted molar refractivity (Wildman–Crippen MR) is 111 cm³/mol. The van der Waals surface area contributed by atoms with Gasteiger partial charge in [0.15, 0.2) is 6.10 Å². The summed E-state index contributed by atoms with van der Waals surface area (Å²) in [7, 11) is 0. The first-order valence-electron chi connectivity index (χ1n) is 9.79. The Kier molecular flexibility index (Phi) is 5.68. The summed E-state index contributed by atoms with van der Waals surface area (Å²) in [6.07, 6.45) is -1.28. The molecule has 1 amide bonds. The summed E-state index contributed by atoms with van der Waals surface area (Å²) in [4.78, 5) is 14.2. The molecule has 4 rings (SSSR count). The van der Waals surface area contributed by atoms with Crippen molar-refractivity contribution in [2.24, 2.45) is 0 Å². The zero-order valence-corrected chi connectivity index (χ0v) is 16.2. The Morgan fingerprint density at radius 3 is 2.30 bits per heavy atom. The van der Waals surface area contributed by atoms with Gasteiger partial charge < -0.3 is 14.9 Å². The van der Waals surface area contributed by atoms with Gasteiger partial charge in [-0.05, 0) is 60.4 Å². The number of benzene rings is 3. The third kappa shape index (κ3) is 4.14. The SMILES string of the molecule is O=C1OC([C@H](O)CCc2ccccc2)[C@@H](c2ccc(O)cc2)N1c1ccc(F)cc1. The van der Waals surface area contributed by atoms with Gasteiger partial charge in [0, 0.05) is 5.69 Å². The van der Waals surface area contributed by atoms with Crippen LogP contribution in [0.1, 0.15) is 23.6 Å². The van der Waals surface area contributed by atoms with Crippen LogP contribution < -0.4 is 4.90 Å². The quantitative estimate of drug-likeness (QED) is 0.627. The highest BCUT2D eigenvalue weighted by Crippen LogP contribution is 2.40. The fourth-order valence-corrected chi connectivity index (χ4v) is 3.79. The molecule has 154 valence electrons. The highest BCUT2D eigenvalue weighted by atomic mass is 19.1. The van der Waals surface area contributed by atoms with E-state index in [-0.39, 0.29) is 5.75 Å². The largest absolute Gasteiger partial charge is 0.508 e. The van der Waals surface area contributed by atoms with Crippen molar-refractivity contribution < 1.29 is 24.1 Å². The number of anilines is 1. The van der Waals surface area contributed by atoms with Crippen molar-refractivity contribution in [2.45, 2.75) is 31.1 Å². The number of hydrogen-bond donors (Lipinski definition) is 2. The number of cyclic esters (lactones) is 1. The van der Waals surface area contributed by atoms with E-state index in [4.69, 9.17) is 4.74 Å². The molecule has 0 saturated carbocycles. The Balaban J connectivity index is 1.63. The number of ether oxygens (including phenoxy) is 1. The lowest BCUT2D eigenvalue weighted by Crippen LogP contribution is -2.35. The first-order valence-corrected chi connectivity index (χ1v) is 9.79. The smallest absolute Gasteiger partial charge is 0.415 e. The summed E-state index contributed by atoms with van der Waals surface area (Å²) in [5, 5.41) is 20.6. The van der Waals surface area contributed by atoms with Crippen LogP contribution in [-0.4, -0.2) is 28.5 Å². The minimum atomic E-state index is -0.904. The van der Waals surface area contributed by atoms with E-state index in [1.165, 1.54) is 41.3 Å². The maximum absolute atomic E-state index is 13.4. The Labute approximate surface area is 174 Å². The molecule has 1 aliphatic rings. The van der Waals surface area contributed by atoms with Gasteiger partial charge >= 0.3 is 6.09 Å². The van der Waals surface area contributed by atoms with Crippen LogP contribution in [0.4, 0.5) is 14.9 Å². The maximum atomic E-state index is 13.4. The van der Waals surface area contributed by atoms with Crippen molar-refractivity contribution in [1.82, 2.24) is 0 Å². The Bertz CT molecular complexity index is 992. The van der Waals surface area contributed by atoms with Crippen molar-refractivity contribution in [3.8, 4) is 5.75 Å². The molecule has 0 aliphatic carbocycles. The van der Waals surface area contributed by atoms with Gasteiger partial charge in [0.05, 0.1) is 6.10 Å². The van der Waals surface area contributed by atoms with Gasteiger partial charge in [-0.15, -0.1) is 0 Å². The Hall–Kier alpha value is -3.38. The summed E-state index contributed by atoms with van der Waals surface area (Å²) < 4.78 is 19.0. The lowest BCUT2D eigenvalue weighted by molar-refractivity contribution is 0.0146. The first-order chi connectivity index (χ1) is 14.5. The van der Waals surface area contributed by atoms with Crippen molar-refractivity contribution in [3.05, 3.63) is 95.8 Å². The predicted octanol–water partition coefficient (Wildman–Crippen LogP) is 4.59. The van der Waals surface area contributed by atoms with Gasteiger partial charge in [0.2, 0.25) is 0 Å². The molecule has 3 aromatic rings. The number of carbonyl (C=O) groups is 1. The summed E-state index contributed by atoms with van der Waals surface area (Å²) in [5.41, 5.74) is 2.25. The van der Waals surface area contributed by atoms with E-state index in [2.05, 4.69) is 0 Å². The standard InChI is InChI=1S/C24H22FNO4/c25-18-9-11-19(12-10-18)26-22(17-7-13-20(27)14-8-17)23(30-24(26)29)21(28)15-6-16-4-2-1-3-5-16/h1-5,7-14,21-23,27-28H,6,15H2/t21-,22-,23?/m1/s1. The fraction of sp³-hybridized carbons (Fsp3) is 0.208. The maximum Gasteiger partial charge on any atom is 0.415 e. The molecule has 2 N–H and O–H groups in total. The molecule has 3 atom stereocenters. The van der Waals surface area contributed by atoms with Crippen molar-refractivity contribution in [3.63, 3.8) is 0 Å². The monoisotopic (exact) mass is 407 g/mol. The van der Waals surface area contributed by atoms with E-state index in [9.17, 15) is 19.4 Å². The van der Waals surface area contributed by atoms with E-state index in [0.717, 1.165) is 5.56 Å². The number of rotatable bonds is 6. The number of aliphatic hydroxyl groups is 1. The molecule has 1 heterocycles. The molecule has 0 bridgehead atoms. The van der Waals surface area contributed by atoms with Gasteiger partial charge in [-0.3, -0.25) is 4.90 Å². The number of aryl methyl sites for hydroxylation is 1. The molecule has 1 fully saturated rings. The fourth-order valence-electron chi connectivity index (χ4n) is 3.79. The van der Waals surface area contributed by atoms with Gasteiger partial charge in [0.25, 0.3) is 0 Å². The molecular formula is C24H22FNO4. The molecule has 5 nitrogen and oxygen atoms in total. The molecule has 3 aromatic carbocycles. The molecule has 0 aromatic heterocycles. The molecular weight excluding hydrogens is 385 g/mol. The average Bonchev–Trinajstić information content (AvgIpc) is 3.11. The average molecular weight is 407 g/mol. The zero-order chi connectivity index (χ0) is 21.1. The third-order valence-electron chi connectivity index (χ3n) is 5.31. The number of aliphatic hydroxyl groups excluding tert-OH is 1. The summed E-state index contributed by atoms with van der Waals surface area (Å²) in [5.74, 6) is -0.314. The van der Waals surface area contributed by atoms with E-state index in [1.54, 1.807) is 12.1 Å². The second-order valence-corrected chi connectivity index (χ2v) is 7.32. The second-order valence-electron chi connectivity index (χ2n) is 7.32. The highest BCUT2D eigenvalue weighted by molar-refractivity contribution is 5.91. The van der Waals surface area contributed by atoms with Crippen LogP contribution in [0.2, 0.25) is 0 Å². The molecule has 30 heavy (non-hydrogen) atoms. The van der Waals surface area contributed by atoms with Crippen molar-refractivity contribution in [2.75, 3.05) is 4.90 Å². The van der Waals surface area contributed by atoms with Crippen LogP contribution in [0.25, 0.3) is 0 Å². The number of phenolic OH excluding ortho intramolecular Hbond substituents is 1. The number of phenols is 1. The van der Waals surface area contributed by atoms with Crippen LogP contribution in [0, 0.1) is 5.82 Å². The highest BCUT2D eigenvalue weighted by Gasteiger charge is 2.46. The number of amides is 1. The van der Waals surface area contributed by atoms with Gasteiger partial charge in [-0.2, -0.15) is 0 Å². The zero-order valence-electron chi connectivity index (χ0n) is 16.2. The normalized spacial score (nSPS) is 19.5. The van der Waals surface area contributed by atoms with Crippen LogP contribution in [-0.2, 0) is 11.2 Å². The van der Waals surface area contributed by atoms with Gasteiger partial charge in [0.1, 0.15) is 17.6 Å². The molecule has 1 unspecified atom stereocenters. The third-order valence-corrected chi connectivity index (χ3v) is 5.31. The summed E-state index contributed by atoms with van der Waals surface area (Å²) in [6, 6.07) is 21.1. The van der Waals surface area contributed by atoms with Crippen LogP contribution in [0.15, 0.2) is 78.9 Å². The lowest BCUT2D eigenvalue weighted by atomic mass is 9.93. The van der Waals surface area contributed by atoms with Crippen LogP contribution in [0.3, 0.4) is 0 Å². The Morgan fingerprint density at radius 2 is 1.63 bits per heavy atom. The second kappa shape index (κ2) is 8.55. The molecule has 1 saturated heterocycles. The van der Waals surface area contributed by atoms with E-state index in [0.29, 0.717) is 24.1 Å². The first kappa shape index (κ1) is 19.9. The van der Waals surface area contributed by atoms with Crippen molar-refractivity contribution >= 4 is 11.8 Å². The van der Waals surface area contributed by atoms with E-state index >= 15 is 0 Å². The number of aromatic hydroxyl groups is 1. The molecule has 0 spiro atoms. The van der Waals surface area contributed by atoms with Crippen LogP contribution in [0.5, 0.6) is 5.75 Å². The van der Waals surface area contributed by atoms with Crippen LogP contribution >= 0.6 is 0 Å². The Morgan fingerprint density at radius 1 is 0.967 bits per heavy atom. The summed E-state index contributed by atoms with van der Waals surface area (Å²) >= 11 is 0.